The fourth-order valence-corrected chi connectivity index (χ4v) is 1.49. The van der Waals surface area contributed by atoms with Gasteiger partial charge in [-0.2, -0.15) is 0 Å². The van der Waals surface area contributed by atoms with Crippen LogP contribution in [0.15, 0.2) is 22.7 Å². The van der Waals surface area contributed by atoms with E-state index in [1.54, 1.807) is 6.07 Å². The molecule has 0 unspecified atom stereocenters. The molecule has 0 aliphatic carbocycles. The van der Waals surface area contributed by atoms with Crippen molar-refractivity contribution in [3.63, 3.8) is 0 Å². The fourth-order valence-electron chi connectivity index (χ4n) is 1.08. The Hall–Kier alpha value is -1.16. The van der Waals surface area contributed by atoms with E-state index in [1.807, 2.05) is 19.1 Å². The smallest absolute Gasteiger partial charge is 0.372 e. The van der Waals surface area contributed by atoms with Crippen LogP contribution in [-0.4, -0.2) is 16.9 Å². The first-order chi connectivity index (χ1) is 6.50. The molecule has 1 aromatic rings. The van der Waals surface area contributed by atoms with E-state index in [-0.39, 0.29) is 6.42 Å². The molecule has 0 heterocycles. The van der Waals surface area contributed by atoms with Gasteiger partial charge in [0.1, 0.15) is 0 Å². The van der Waals surface area contributed by atoms with Crippen LogP contribution in [0.1, 0.15) is 11.1 Å². The predicted molar refractivity (Wildman–Crippen MR) is 55.2 cm³/mol. The lowest BCUT2D eigenvalue weighted by Crippen LogP contribution is -2.15. The van der Waals surface area contributed by atoms with Crippen LogP contribution in [0.3, 0.4) is 0 Å². The molecule has 0 aliphatic heterocycles. The van der Waals surface area contributed by atoms with Crippen molar-refractivity contribution in [3.8, 4) is 0 Å². The number of rotatable bonds is 3. The monoisotopic (exact) mass is 256 g/mol. The summed E-state index contributed by atoms with van der Waals surface area (Å²) in [7, 11) is 0. The number of carboxylic acid groups (broad SMARTS) is 1. The normalized spacial score (nSPS) is 9.86. The van der Waals surface area contributed by atoms with Crippen LogP contribution in [0.2, 0.25) is 0 Å². The molecule has 0 saturated heterocycles. The van der Waals surface area contributed by atoms with Gasteiger partial charge in [-0.15, -0.1) is 0 Å². The second kappa shape index (κ2) is 4.37. The molecule has 1 rings (SSSR count). The van der Waals surface area contributed by atoms with E-state index in [0.29, 0.717) is 0 Å². The Kier molecular flexibility index (Phi) is 3.41. The molecule has 0 fully saturated rings. The number of Topliss-reactive ketones (excluding diaryl/α,β-unsaturated/α-hetero) is 1. The molecule has 4 heteroatoms. The van der Waals surface area contributed by atoms with Crippen LogP contribution in [0.5, 0.6) is 0 Å². The third-order valence-corrected chi connectivity index (χ3v) is 2.39. The molecule has 0 aromatic heterocycles. The SMILES string of the molecule is Cc1ccc(Br)cc1CC(=O)C(=O)O. The van der Waals surface area contributed by atoms with Gasteiger partial charge in [-0.25, -0.2) is 4.79 Å². The molecule has 0 spiro atoms. The Morgan fingerprint density at radius 3 is 2.64 bits per heavy atom. The summed E-state index contributed by atoms with van der Waals surface area (Å²) in [4.78, 5) is 21.3. The minimum absolute atomic E-state index is 0.0550. The molecular formula is C10H9BrO3. The first kappa shape index (κ1) is 10.9. The van der Waals surface area contributed by atoms with E-state index in [9.17, 15) is 9.59 Å². The van der Waals surface area contributed by atoms with Gasteiger partial charge < -0.3 is 5.11 Å². The molecular weight excluding hydrogens is 248 g/mol. The van der Waals surface area contributed by atoms with Gasteiger partial charge >= 0.3 is 5.97 Å². The zero-order valence-electron chi connectivity index (χ0n) is 7.58. The number of carboxylic acids is 1. The van der Waals surface area contributed by atoms with E-state index in [1.165, 1.54) is 0 Å². The molecule has 0 amide bonds. The number of hydrogen-bond donors (Lipinski definition) is 1. The van der Waals surface area contributed by atoms with Crippen LogP contribution in [0.25, 0.3) is 0 Å². The van der Waals surface area contributed by atoms with Crippen LogP contribution >= 0.6 is 15.9 Å². The summed E-state index contributed by atoms with van der Waals surface area (Å²) in [5, 5.41) is 8.44. The van der Waals surface area contributed by atoms with Crippen molar-refractivity contribution in [3.05, 3.63) is 33.8 Å². The van der Waals surface area contributed by atoms with Gasteiger partial charge in [-0.3, -0.25) is 4.79 Å². The summed E-state index contributed by atoms with van der Waals surface area (Å²) >= 11 is 3.26. The molecule has 0 bridgehead atoms. The number of carbonyl (C=O) groups is 2. The van der Waals surface area contributed by atoms with Gasteiger partial charge in [0.2, 0.25) is 5.78 Å². The Bertz CT molecular complexity index is 385. The maximum Gasteiger partial charge on any atom is 0.372 e. The Morgan fingerprint density at radius 1 is 1.43 bits per heavy atom. The van der Waals surface area contributed by atoms with E-state index >= 15 is 0 Å². The first-order valence-corrected chi connectivity index (χ1v) is 4.81. The molecule has 74 valence electrons. The van der Waals surface area contributed by atoms with Crippen molar-refractivity contribution >= 4 is 27.7 Å². The van der Waals surface area contributed by atoms with Crippen LogP contribution in [0, 0.1) is 6.92 Å². The van der Waals surface area contributed by atoms with Gasteiger partial charge in [-0.1, -0.05) is 22.0 Å². The molecule has 0 radical (unpaired) electrons. The third kappa shape index (κ3) is 2.67. The average molecular weight is 257 g/mol. The molecule has 0 atom stereocenters. The van der Waals surface area contributed by atoms with Gasteiger partial charge in [0.25, 0.3) is 0 Å². The maximum atomic E-state index is 11.0. The summed E-state index contributed by atoms with van der Waals surface area (Å²) in [6.45, 7) is 1.84. The highest BCUT2D eigenvalue weighted by molar-refractivity contribution is 9.10. The van der Waals surface area contributed by atoms with Crippen molar-refractivity contribution in [1.82, 2.24) is 0 Å². The van der Waals surface area contributed by atoms with E-state index in [2.05, 4.69) is 15.9 Å². The number of halogens is 1. The van der Waals surface area contributed by atoms with Crippen molar-refractivity contribution in [1.29, 1.82) is 0 Å². The van der Waals surface area contributed by atoms with E-state index in [4.69, 9.17) is 5.11 Å². The Balaban J connectivity index is 2.91. The summed E-state index contributed by atoms with van der Waals surface area (Å²) in [6, 6.07) is 5.45. The highest BCUT2D eigenvalue weighted by Gasteiger charge is 2.13. The number of hydrogen-bond acceptors (Lipinski definition) is 2. The predicted octanol–water partition coefficient (Wildman–Crippen LogP) is 1.95. The lowest BCUT2D eigenvalue weighted by molar-refractivity contribution is -0.148. The number of aliphatic carboxylic acids is 1. The highest BCUT2D eigenvalue weighted by atomic mass is 79.9. The lowest BCUT2D eigenvalue weighted by Gasteiger charge is -2.03. The highest BCUT2D eigenvalue weighted by Crippen LogP contribution is 2.16. The fraction of sp³-hybridized carbons (Fsp3) is 0.200. The Labute approximate surface area is 89.9 Å². The molecule has 1 N–H and O–H groups in total. The quantitative estimate of drug-likeness (QED) is 0.842. The van der Waals surface area contributed by atoms with E-state index < -0.39 is 11.8 Å². The van der Waals surface area contributed by atoms with Crippen LogP contribution in [0.4, 0.5) is 0 Å². The van der Waals surface area contributed by atoms with Crippen molar-refractivity contribution < 1.29 is 14.7 Å². The van der Waals surface area contributed by atoms with E-state index in [0.717, 1.165) is 15.6 Å². The van der Waals surface area contributed by atoms with Crippen molar-refractivity contribution in [2.24, 2.45) is 0 Å². The maximum absolute atomic E-state index is 11.0. The summed E-state index contributed by atoms with van der Waals surface area (Å²) in [5.74, 6) is -2.17. The summed E-state index contributed by atoms with van der Waals surface area (Å²) < 4.78 is 0.844. The van der Waals surface area contributed by atoms with Crippen molar-refractivity contribution in [2.75, 3.05) is 0 Å². The third-order valence-electron chi connectivity index (χ3n) is 1.90. The average Bonchev–Trinajstić information content (AvgIpc) is 2.11. The zero-order chi connectivity index (χ0) is 10.7. The largest absolute Gasteiger partial charge is 0.475 e. The van der Waals surface area contributed by atoms with Gasteiger partial charge in [-0.05, 0) is 30.2 Å². The second-order valence-electron chi connectivity index (χ2n) is 2.98. The van der Waals surface area contributed by atoms with Gasteiger partial charge in [0, 0.05) is 10.9 Å². The van der Waals surface area contributed by atoms with Crippen molar-refractivity contribution in [2.45, 2.75) is 13.3 Å². The lowest BCUT2D eigenvalue weighted by atomic mass is 10.0. The molecule has 3 nitrogen and oxygen atoms in total. The summed E-state index contributed by atoms with van der Waals surface area (Å²) in [6.07, 6.45) is -0.0550. The zero-order valence-corrected chi connectivity index (χ0v) is 9.17. The number of benzene rings is 1. The molecule has 0 aliphatic rings. The van der Waals surface area contributed by atoms with Gasteiger partial charge in [0.05, 0.1) is 0 Å². The number of ketones is 1. The standard InChI is InChI=1S/C10H9BrO3/c1-6-2-3-8(11)4-7(6)5-9(12)10(13)14/h2-4H,5H2,1H3,(H,13,14). The minimum atomic E-state index is -1.38. The second-order valence-corrected chi connectivity index (χ2v) is 3.89. The Morgan fingerprint density at radius 2 is 2.07 bits per heavy atom. The first-order valence-electron chi connectivity index (χ1n) is 4.02. The molecule has 1 aromatic carbocycles. The van der Waals surface area contributed by atoms with Crippen LogP contribution < -0.4 is 0 Å². The van der Waals surface area contributed by atoms with Crippen LogP contribution in [-0.2, 0) is 16.0 Å². The topological polar surface area (TPSA) is 54.4 Å². The number of aryl methyl sites for hydroxylation is 1. The molecule has 14 heavy (non-hydrogen) atoms. The molecule has 0 saturated carbocycles. The minimum Gasteiger partial charge on any atom is -0.475 e. The number of carbonyl (C=O) groups excluding carboxylic acids is 1. The summed E-state index contributed by atoms with van der Waals surface area (Å²) in [5.41, 5.74) is 1.66. The van der Waals surface area contributed by atoms with Gasteiger partial charge in [0.15, 0.2) is 0 Å².